The summed E-state index contributed by atoms with van der Waals surface area (Å²) in [5.74, 6) is 1.10. The predicted octanol–water partition coefficient (Wildman–Crippen LogP) is 1.43. The molecule has 1 heterocycles. The van der Waals surface area contributed by atoms with Crippen LogP contribution in [0.2, 0.25) is 0 Å². The molecule has 2 rings (SSSR count). The van der Waals surface area contributed by atoms with Crippen molar-refractivity contribution in [3.05, 3.63) is 12.0 Å². The summed E-state index contributed by atoms with van der Waals surface area (Å²) in [6.07, 6.45) is 4.84. The summed E-state index contributed by atoms with van der Waals surface area (Å²) in [5.41, 5.74) is -0.937. The lowest BCUT2D eigenvalue weighted by atomic mass is 9.79. The third-order valence-electron chi connectivity index (χ3n) is 4.23. The van der Waals surface area contributed by atoms with E-state index >= 15 is 0 Å². The van der Waals surface area contributed by atoms with Gasteiger partial charge in [-0.15, -0.1) is 0 Å². The van der Waals surface area contributed by atoms with Crippen LogP contribution in [0.15, 0.2) is 11.2 Å². The fourth-order valence-corrected chi connectivity index (χ4v) is 4.15. The Bertz CT molecular complexity index is 597. The molecule has 2 atom stereocenters. The van der Waals surface area contributed by atoms with E-state index in [2.05, 4.69) is 16.6 Å². The Kier molecular flexibility index (Phi) is 4.75. The Hall–Kier alpha value is -0.920. The lowest BCUT2D eigenvalue weighted by Gasteiger charge is -2.35. The molecule has 21 heavy (non-hydrogen) atoms. The fraction of sp³-hybridized carbons (Fsp3) is 0.786. The summed E-state index contributed by atoms with van der Waals surface area (Å²) in [5, 5.41) is 10.5. The third kappa shape index (κ3) is 3.84. The van der Waals surface area contributed by atoms with E-state index in [0.29, 0.717) is 31.1 Å². The molecule has 0 radical (unpaired) electrons. The Morgan fingerprint density at radius 3 is 2.86 bits per heavy atom. The zero-order valence-corrected chi connectivity index (χ0v) is 13.8. The Morgan fingerprint density at radius 1 is 1.57 bits per heavy atom. The number of aromatic nitrogens is 2. The van der Waals surface area contributed by atoms with Crippen molar-refractivity contribution >= 4 is 10.0 Å². The van der Waals surface area contributed by atoms with Crippen molar-refractivity contribution in [1.82, 2.24) is 14.3 Å². The van der Waals surface area contributed by atoms with Crippen LogP contribution < -0.4 is 4.72 Å². The number of imidazole rings is 1. The number of rotatable bonds is 5. The van der Waals surface area contributed by atoms with Gasteiger partial charge in [0, 0.05) is 19.3 Å². The van der Waals surface area contributed by atoms with Crippen LogP contribution in [-0.4, -0.2) is 35.2 Å². The molecule has 1 aliphatic carbocycles. The number of hydrogen-bond donors (Lipinski definition) is 2. The van der Waals surface area contributed by atoms with Gasteiger partial charge in [-0.3, -0.25) is 0 Å². The Labute approximate surface area is 126 Å². The molecule has 1 aliphatic rings. The molecule has 6 nitrogen and oxygen atoms in total. The molecule has 0 amide bonds. The molecule has 0 aromatic carbocycles. The molecular formula is C14H25N3O3S. The van der Waals surface area contributed by atoms with Crippen molar-refractivity contribution in [1.29, 1.82) is 0 Å². The molecule has 1 aromatic rings. The first-order valence-corrected chi connectivity index (χ1v) is 9.00. The second-order valence-electron chi connectivity index (χ2n) is 6.16. The summed E-state index contributed by atoms with van der Waals surface area (Å²) in [7, 11) is -3.67. The van der Waals surface area contributed by atoms with Crippen LogP contribution in [0.1, 0.15) is 45.4 Å². The average Bonchev–Trinajstić information content (AvgIpc) is 2.79. The first-order valence-electron chi connectivity index (χ1n) is 7.51. The van der Waals surface area contributed by atoms with E-state index in [0.717, 1.165) is 12.8 Å². The number of aryl methyl sites for hydroxylation is 2. The maximum atomic E-state index is 12.3. The van der Waals surface area contributed by atoms with Crippen LogP contribution in [0.5, 0.6) is 0 Å². The lowest BCUT2D eigenvalue weighted by Crippen LogP contribution is -2.45. The number of sulfonamides is 1. The first-order chi connectivity index (χ1) is 9.76. The largest absolute Gasteiger partial charge is 0.389 e. The molecule has 7 heteroatoms. The van der Waals surface area contributed by atoms with Gasteiger partial charge in [-0.05, 0) is 32.6 Å². The van der Waals surface area contributed by atoms with Gasteiger partial charge in [0.25, 0.3) is 10.0 Å². The van der Waals surface area contributed by atoms with Crippen molar-refractivity contribution in [2.45, 2.75) is 63.6 Å². The third-order valence-corrected chi connectivity index (χ3v) is 5.50. The van der Waals surface area contributed by atoms with Crippen LogP contribution in [0.4, 0.5) is 0 Å². The molecule has 120 valence electrons. The normalized spacial score (nSPS) is 27.0. The molecule has 1 fully saturated rings. The maximum Gasteiger partial charge on any atom is 0.259 e. The maximum absolute atomic E-state index is 12.3. The number of aliphatic hydroxyl groups is 1. The molecule has 0 spiro atoms. The quantitative estimate of drug-likeness (QED) is 0.861. The van der Waals surface area contributed by atoms with Gasteiger partial charge in [0.2, 0.25) is 0 Å². The van der Waals surface area contributed by atoms with Crippen LogP contribution in [0, 0.1) is 12.8 Å². The number of hydrogen-bond acceptors (Lipinski definition) is 4. The standard InChI is InChI=1S/C14H25N3O3S/c1-4-17-9-13(16-12(17)3)21(19,20)15-10-14(18)7-5-6-11(2)8-14/h9,11,15,18H,4-8,10H2,1-3H3. The van der Waals surface area contributed by atoms with Crippen LogP contribution in [-0.2, 0) is 16.6 Å². The fourth-order valence-electron chi connectivity index (χ4n) is 3.03. The number of nitrogens with zero attached hydrogens (tertiary/aromatic N) is 2. The van der Waals surface area contributed by atoms with Gasteiger partial charge in [0.05, 0.1) is 5.60 Å². The van der Waals surface area contributed by atoms with Crippen molar-refractivity contribution < 1.29 is 13.5 Å². The minimum absolute atomic E-state index is 0.0225. The lowest BCUT2D eigenvalue weighted by molar-refractivity contribution is -0.00752. The summed E-state index contributed by atoms with van der Waals surface area (Å²) in [6, 6.07) is 0. The Morgan fingerprint density at radius 2 is 2.29 bits per heavy atom. The first kappa shape index (κ1) is 16.5. The molecule has 1 aromatic heterocycles. The molecule has 2 unspecified atom stereocenters. The van der Waals surface area contributed by atoms with E-state index in [9.17, 15) is 13.5 Å². The molecule has 1 saturated carbocycles. The zero-order chi connectivity index (χ0) is 15.7. The van der Waals surface area contributed by atoms with Crippen LogP contribution >= 0.6 is 0 Å². The van der Waals surface area contributed by atoms with E-state index in [4.69, 9.17) is 0 Å². The average molecular weight is 315 g/mol. The highest BCUT2D eigenvalue weighted by Crippen LogP contribution is 2.31. The second kappa shape index (κ2) is 6.06. The highest BCUT2D eigenvalue weighted by molar-refractivity contribution is 7.89. The molecule has 0 bridgehead atoms. The predicted molar refractivity (Wildman–Crippen MR) is 80.4 cm³/mol. The minimum Gasteiger partial charge on any atom is -0.389 e. The SMILES string of the molecule is CCn1cc(S(=O)(=O)NCC2(O)CCCC(C)C2)nc1C. The van der Waals surface area contributed by atoms with Crippen molar-refractivity contribution in [3.8, 4) is 0 Å². The minimum atomic E-state index is -3.67. The highest BCUT2D eigenvalue weighted by Gasteiger charge is 2.34. The second-order valence-corrected chi connectivity index (χ2v) is 7.88. The van der Waals surface area contributed by atoms with E-state index < -0.39 is 15.6 Å². The summed E-state index contributed by atoms with van der Waals surface area (Å²) in [6.45, 7) is 6.53. The Balaban J connectivity index is 2.07. The van der Waals surface area contributed by atoms with Gasteiger partial charge < -0.3 is 9.67 Å². The topological polar surface area (TPSA) is 84.2 Å². The monoisotopic (exact) mass is 315 g/mol. The van der Waals surface area contributed by atoms with Crippen molar-refractivity contribution in [2.24, 2.45) is 5.92 Å². The van der Waals surface area contributed by atoms with Crippen LogP contribution in [0.3, 0.4) is 0 Å². The van der Waals surface area contributed by atoms with Gasteiger partial charge in [-0.2, -0.15) is 0 Å². The zero-order valence-electron chi connectivity index (χ0n) is 13.0. The van der Waals surface area contributed by atoms with E-state index in [1.807, 2.05) is 6.92 Å². The smallest absolute Gasteiger partial charge is 0.259 e. The van der Waals surface area contributed by atoms with Crippen molar-refractivity contribution in [3.63, 3.8) is 0 Å². The van der Waals surface area contributed by atoms with E-state index in [1.54, 1.807) is 11.5 Å². The highest BCUT2D eigenvalue weighted by atomic mass is 32.2. The van der Waals surface area contributed by atoms with Gasteiger partial charge in [0.15, 0.2) is 5.03 Å². The molecule has 0 saturated heterocycles. The van der Waals surface area contributed by atoms with Gasteiger partial charge >= 0.3 is 0 Å². The molecular weight excluding hydrogens is 290 g/mol. The summed E-state index contributed by atoms with van der Waals surface area (Å²) >= 11 is 0. The van der Waals surface area contributed by atoms with Crippen molar-refractivity contribution in [2.75, 3.05) is 6.54 Å². The van der Waals surface area contributed by atoms with Crippen LogP contribution in [0.25, 0.3) is 0 Å². The molecule has 0 aliphatic heterocycles. The summed E-state index contributed by atoms with van der Waals surface area (Å²) in [4.78, 5) is 4.09. The van der Waals surface area contributed by atoms with Gasteiger partial charge in [-0.1, -0.05) is 19.8 Å². The van der Waals surface area contributed by atoms with E-state index in [1.165, 1.54) is 6.20 Å². The summed E-state index contributed by atoms with van der Waals surface area (Å²) < 4.78 is 28.9. The number of nitrogens with one attached hydrogen (secondary N) is 1. The molecule has 2 N–H and O–H groups in total. The van der Waals surface area contributed by atoms with Gasteiger partial charge in [-0.25, -0.2) is 18.1 Å². The van der Waals surface area contributed by atoms with E-state index in [-0.39, 0.29) is 11.6 Å². The van der Waals surface area contributed by atoms with Gasteiger partial charge in [0.1, 0.15) is 5.82 Å².